The van der Waals surface area contributed by atoms with Crippen molar-refractivity contribution in [1.82, 2.24) is 15.0 Å². The molecule has 138 valence electrons. The van der Waals surface area contributed by atoms with Crippen LogP contribution in [0.4, 0.5) is 20.6 Å². The Bertz CT molecular complexity index is 776. The molecule has 3 heterocycles. The molecule has 1 atom stereocenters. The summed E-state index contributed by atoms with van der Waals surface area (Å²) in [5.41, 5.74) is 6.95. The van der Waals surface area contributed by atoms with Crippen LogP contribution in [-0.4, -0.2) is 52.9 Å². The molecular weight excluding hydrogens is 339 g/mol. The molecule has 8 nitrogen and oxygen atoms in total. The molecule has 1 unspecified atom stereocenters. The largest absolute Gasteiger partial charge is 0.442 e. The Hall–Kier alpha value is -2.68. The lowest BCUT2D eigenvalue weighted by atomic mass is 10.1. The normalized spacial score (nSPS) is 21.3. The molecule has 4 rings (SSSR count). The first-order valence-electron chi connectivity index (χ1n) is 8.72. The van der Waals surface area contributed by atoms with Crippen LogP contribution in [0.25, 0.3) is 0 Å². The number of benzene rings is 1. The first-order valence-corrected chi connectivity index (χ1v) is 8.72. The molecule has 2 fully saturated rings. The number of halogens is 1. The summed E-state index contributed by atoms with van der Waals surface area (Å²) in [5, 5.41) is 7.60. The molecule has 0 spiro atoms. The topological polar surface area (TPSA) is 89.5 Å². The molecular formula is C17H21FN6O2. The summed E-state index contributed by atoms with van der Waals surface area (Å²) in [6, 6.07) is 5.06. The number of aromatic nitrogens is 3. The van der Waals surface area contributed by atoms with Crippen molar-refractivity contribution in [2.75, 3.05) is 29.4 Å². The summed E-state index contributed by atoms with van der Waals surface area (Å²) in [7, 11) is 0. The second-order valence-electron chi connectivity index (χ2n) is 6.70. The predicted molar refractivity (Wildman–Crippen MR) is 93.5 cm³/mol. The van der Waals surface area contributed by atoms with Crippen LogP contribution in [0.3, 0.4) is 0 Å². The van der Waals surface area contributed by atoms with Crippen LogP contribution in [0.5, 0.6) is 0 Å². The van der Waals surface area contributed by atoms with E-state index in [4.69, 9.17) is 10.5 Å². The molecule has 2 saturated heterocycles. The Morgan fingerprint density at radius 3 is 2.81 bits per heavy atom. The smallest absolute Gasteiger partial charge is 0.414 e. The summed E-state index contributed by atoms with van der Waals surface area (Å²) in [4.78, 5) is 15.6. The Morgan fingerprint density at radius 1 is 1.31 bits per heavy atom. The summed E-state index contributed by atoms with van der Waals surface area (Å²) in [6.07, 6.45) is 4.14. The van der Waals surface area contributed by atoms with Gasteiger partial charge in [-0.1, -0.05) is 5.21 Å². The lowest BCUT2D eigenvalue weighted by Crippen LogP contribution is -2.40. The van der Waals surface area contributed by atoms with Gasteiger partial charge in [-0.25, -0.2) is 13.9 Å². The Labute approximate surface area is 150 Å². The van der Waals surface area contributed by atoms with E-state index >= 15 is 0 Å². The maximum Gasteiger partial charge on any atom is 0.414 e. The van der Waals surface area contributed by atoms with E-state index in [0.717, 1.165) is 25.9 Å². The van der Waals surface area contributed by atoms with Gasteiger partial charge in [-0.05, 0) is 31.0 Å². The van der Waals surface area contributed by atoms with Gasteiger partial charge < -0.3 is 15.4 Å². The van der Waals surface area contributed by atoms with Crippen LogP contribution in [-0.2, 0) is 11.3 Å². The van der Waals surface area contributed by atoms with Gasteiger partial charge in [-0.3, -0.25) is 4.90 Å². The van der Waals surface area contributed by atoms with Gasteiger partial charge in [0.05, 0.1) is 30.7 Å². The fourth-order valence-electron chi connectivity index (χ4n) is 3.43. The van der Waals surface area contributed by atoms with Gasteiger partial charge in [0.2, 0.25) is 0 Å². The molecule has 2 aliphatic rings. The molecule has 0 saturated carbocycles. The van der Waals surface area contributed by atoms with Gasteiger partial charge in [-0.2, -0.15) is 0 Å². The number of ether oxygens (including phenoxy) is 1. The maximum atomic E-state index is 14.6. The minimum Gasteiger partial charge on any atom is -0.442 e. The van der Waals surface area contributed by atoms with E-state index in [9.17, 15) is 9.18 Å². The van der Waals surface area contributed by atoms with E-state index in [2.05, 4.69) is 10.3 Å². The van der Waals surface area contributed by atoms with Crippen LogP contribution >= 0.6 is 0 Å². The zero-order valence-electron chi connectivity index (χ0n) is 14.3. The number of rotatable bonds is 4. The lowest BCUT2D eigenvalue weighted by molar-refractivity contribution is 0.129. The van der Waals surface area contributed by atoms with Gasteiger partial charge in [0.1, 0.15) is 11.9 Å². The SMILES string of the molecule is NC1CCN(c2ccc(N3CC(Cn4ccnn4)OC3=O)cc2F)CC1. The van der Waals surface area contributed by atoms with Crippen LogP contribution in [0, 0.1) is 5.82 Å². The fourth-order valence-corrected chi connectivity index (χ4v) is 3.43. The zero-order valence-corrected chi connectivity index (χ0v) is 14.3. The number of carbonyl (C=O) groups excluding carboxylic acids is 1. The number of hydrogen-bond donors (Lipinski definition) is 1. The fraction of sp³-hybridized carbons (Fsp3) is 0.471. The van der Waals surface area contributed by atoms with E-state index in [1.807, 2.05) is 4.90 Å². The standard InChI is InChI=1S/C17H21FN6O2/c18-15-9-13(1-2-16(15)22-6-3-12(19)4-7-22)24-11-14(26-17(24)25)10-23-8-5-20-21-23/h1-2,5,8-9,12,14H,3-4,6-7,10-11,19H2. The van der Waals surface area contributed by atoms with Crippen LogP contribution in [0.1, 0.15) is 12.8 Å². The number of cyclic esters (lactones) is 1. The molecule has 2 aliphatic heterocycles. The highest BCUT2D eigenvalue weighted by Crippen LogP contribution is 2.29. The highest BCUT2D eigenvalue weighted by molar-refractivity contribution is 5.90. The molecule has 9 heteroatoms. The monoisotopic (exact) mass is 360 g/mol. The molecule has 2 N–H and O–H groups in total. The van der Waals surface area contributed by atoms with Crippen molar-refractivity contribution in [3.63, 3.8) is 0 Å². The van der Waals surface area contributed by atoms with E-state index in [0.29, 0.717) is 24.5 Å². The van der Waals surface area contributed by atoms with Gasteiger partial charge in [0.25, 0.3) is 0 Å². The second kappa shape index (κ2) is 6.91. The number of nitrogens with zero attached hydrogens (tertiary/aromatic N) is 5. The van der Waals surface area contributed by atoms with Gasteiger partial charge >= 0.3 is 6.09 Å². The third kappa shape index (κ3) is 3.34. The van der Waals surface area contributed by atoms with Crippen molar-refractivity contribution < 1.29 is 13.9 Å². The van der Waals surface area contributed by atoms with Crippen molar-refractivity contribution in [2.24, 2.45) is 5.73 Å². The van der Waals surface area contributed by atoms with Crippen molar-refractivity contribution >= 4 is 17.5 Å². The number of carbonyl (C=O) groups is 1. The molecule has 1 aromatic carbocycles. The molecule has 1 aromatic heterocycles. The predicted octanol–water partition coefficient (Wildman–Crippen LogP) is 1.37. The molecule has 0 aliphatic carbocycles. The number of piperidine rings is 1. The highest BCUT2D eigenvalue weighted by Gasteiger charge is 2.33. The van der Waals surface area contributed by atoms with Crippen LogP contribution < -0.4 is 15.5 Å². The highest BCUT2D eigenvalue weighted by atomic mass is 19.1. The summed E-state index contributed by atoms with van der Waals surface area (Å²) >= 11 is 0. The number of nitrogens with two attached hydrogens (primary N) is 1. The van der Waals surface area contributed by atoms with Crippen molar-refractivity contribution in [1.29, 1.82) is 0 Å². The van der Waals surface area contributed by atoms with Gasteiger partial charge in [0, 0.05) is 25.3 Å². The van der Waals surface area contributed by atoms with Crippen molar-refractivity contribution in [3.05, 3.63) is 36.4 Å². The van der Waals surface area contributed by atoms with Crippen molar-refractivity contribution in [3.8, 4) is 0 Å². The second-order valence-corrected chi connectivity index (χ2v) is 6.70. The third-order valence-corrected chi connectivity index (χ3v) is 4.86. The van der Waals surface area contributed by atoms with Gasteiger partial charge in [-0.15, -0.1) is 5.10 Å². The summed E-state index contributed by atoms with van der Waals surface area (Å²) < 4.78 is 21.6. The third-order valence-electron chi connectivity index (χ3n) is 4.86. The quantitative estimate of drug-likeness (QED) is 0.886. The first-order chi connectivity index (χ1) is 12.6. The van der Waals surface area contributed by atoms with Crippen LogP contribution in [0.2, 0.25) is 0 Å². The van der Waals surface area contributed by atoms with Crippen LogP contribution in [0.15, 0.2) is 30.6 Å². The maximum absolute atomic E-state index is 14.6. The van der Waals surface area contributed by atoms with E-state index in [1.165, 1.54) is 11.0 Å². The molecule has 1 amide bonds. The number of hydrogen-bond acceptors (Lipinski definition) is 6. The summed E-state index contributed by atoms with van der Waals surface area (Å²) in [5.74, 6) is -0.342. The lowest BCUT2D eigenvalue weighted by Gasteiger charge is -2.32. The average molecular weight is 360 g/mol. The number of amides is 1. The van der Waals surface area contributed by atoms with Crippen molar-refractivity contribution in [2.45, 2.75) is 31.5 Å². The molecule has 0 bridgehead atoms. The Kier molecular flexibility index (Phi) is 4.46. The Morgan fingerprint density at radius 2 is 2.12 bits per heavy atom. The molecule has 0 radical (unpaired) electrons. The summed E-state index contributed by atoms with van der Waals surface area (Å²) in [6.45, 7) is 2.24. The van der Waals surface area contributed by atoms with Gasteiger partial charge in [0.15, 0.2) is 0 Å². The number of anilines is 2. The van der Waals surface area contributed by atoms with E-state index in [-0.39, 0.29) is 18.0 Å². The average Bonchev–Trinajstić information content (AvgIpc) is 3.26. The minimum atomic E-state index is -0.480. The van der Waals surface area contributed by atoms with E-state index < -0.39 is 6.09 Å². The molecule has 26 heavy (non-hydrogen) atoms. The zero-order chi connectivity index (χ0) is 18.1. The Balaban J connectivity index is 1.46. The minimum absolute atomic E-state index is 0.190. The van der Waals surface area contributed by atoms with E-state index in [1.54, 1.807) is 29.2 Å². The molecule has 2 aromatic rings. The first kappa shape index (κ1) is 16.8.